The fraction of sp³-hybridized carbons (Fsp3) is 0.762. The highest BCUT2D eigenvalue weighted by Crippen LogP contribution is 2.64. The van der Waals surface area contributed by atoms with Crippen LogP contribution in [0.2, 0.25) is 0 Å². The molecule has 4 aliphatic carbocycles. The first-order valence-corrected chi connectivity index (χ1v) is 9.51. The van der Waals surface area contributed by atoms with Gasteiger partial charge in [-0.3, -0.25) is 4.79 Å². The maximum atomic E-state index is 11.3. The Bertz CT molecular complexity index is 548. The van der Waals surface area contributed by atoms with Gasteiger partial charge in [-0.05, 0) is 74.0 Å². The first-order chi connectivity index (χ1) is 11.1. The van der Waals surface area contributed by atoms with Crippen molar-refractivity contribution in [3.8, 4) is 0 Å². The summed E-state index contributed by atoms with van der Waals surface area (Å²) < 4.78 is 5.50. The zero-order valence-corrected chi connectivity index (χ0v) is 14.6. The van der Waals surface area contributed by atoms with E-state index in [1.54, 1.807) is 0 Å². The van der Waals surface area contributed by atoms with Crippen molar-refractivity contribution in [2.24, 2.45) is 34.5 Å². The zero-order chi connectivity index (χ0) is 16.1. The van der Waals surface area contributed by atoms with Gasteiger partial charge in [0.05, 0.1) is 0 Å². The van der Waals surface area contributed by atoms with Crippen LogP contribution in [0.5, 0.6) is 0 Å². The van der Waals surface area contributed by atoms with Gasteiger partial charge < -0.3 is 4.74 Å². The minimum atomic E-state index is -0.131. The predicted molar refractivity (Wildman–Crippen MR) is 91.7 cm³/mol. The number of carbonyl (C=O) groups excluding carboxylic acids is 1. The normalized spacial score (nSPS) is 47.6. The number of esters is 1. The van der Waals surface area contributed by atoms with Crippen molar-refractivity contribution in [3.05, 3.63) is 24.3 Å². The molecule has 0 aromatic heterocycles. The second-order valence-electron chi connectivity index (χ2n) is 8.76. The molecule has 2 nitrogen and oxygen atoms in total. The van der Waals surface area contributed by atoms with Crippen molar-refractivity contribution in [2.45, 2.75) is 58.8 Å². The van der Waals surface area contributed by atoms with Crippen LogP contribution in [0, 0.1) is 34.5 Å². The Morgan fingerprint density at radius 2 is 2.00 bits per heavy atom. The molecule has 0 saturated heterocycles. The summed E-state index contributed by atoms with van der Waals surface area (Å²) in [5.74, 6) is 3.14. The van der Waals surface area contributed by atoms with E-state index in [4.69, 9.17) is 4.74 Å². The summed E-state index contributed by atoms with van der Waals surface area (Å²) in [5, 5.41) is 0. The van der Waals surface area contributed by atoms with Crippen LogP contribution >= 0.6 is 0 Å². The van der Waals surface area contributed by atoms with Gasteiger partial charge in [0.2, 0.25) is 0 Å². The van der Waals surface area contributed by atoms with E-state index in [2.05, 4.69) is 31.2 Å². The van der Waals surface area contributed by atoms with Gasteiger partial charge in [-0.25, -0.2) is 0 Å². The zero-order valence-electron chi connectivity index (χ0n) is 14.6. The van der Waals surface area contributed by atoms with Gasteiger partial charge in [-0.2, -0.15) is 0 Å². The maximum absolute atomic E-state index is 11.3. The summed E-state index contributed by atoms with van der Waals surface area (Å²) in [4.78, 5) is 11.3. The lowest BCUT2D eigenvalue weighted by molar-refractivity contribution is -0.149. The molecule has 23 heavy (non-hydrogen) atoms. The van der Waals surface area contributed by atoms with Gasteiger partial charge in [0.15, 0.2) is 0 Å². The first-order valence-electron chi connectivity index (χ1n) is 9.51. The minimum Gasteiger partial charge on any atom is -0.465 e. The second kappa shape index (κ2) is 5.50. The molecule has 4 rings (SSSR count). The summed E-state index contributed by atoms with van der Waals surface area (Å²) >= 11 is 0. The van der Waals surface area contributed by atoms with E-state index < -0.39 is 0 Å². The third-order valence-electron chi connectivity index (χ3n) is 7.85. The van der Waals surface area contributed by atoms with Crippen LogP contribution < -0.4 is 0 Å². The molecule has 6 atom stereocenters. The largest absolute Gasteiger partial charge is 0.465 e. The van der Waals surface area contributed by atoms with E-state index in [0.29, 0.717) is 17.9 Å². The van der Waals surface area contributed by atoms with Crippen LogP contribution in [0.4, 0.5) is 0 Å². The number of fused-ring (bicyclic) bond motifs is 5. The van der Waals surface area contributed by atoms with Gasteiger partial charge in [0.1, 0.15) is 6.61 Å². The molecule has 0 heterocycles. The Labute approximate surface area is 140 Å². The molecule has 2 saturated carbocycles. The molecule has 0 N–H and O–H groups in total. The summed E-state index contributed by atoms with van der Waals surface area (Å²) in [6.45, 7) is 4.71. The van der Waals surface area contributed by atoms with E-state index in [-0.39, 0.29) is 11.4 Å². The lowest BCUT2D eigenvalue weighted by Gasteiger charge is -2.59. The quantitative estimate of drug-likeness (QED) is 0.535. The lowest BCUT2D eigenvalue weighted by Crippen LogP contribution is -2.52. The van der Waals surface area contributed by atoms with Crippen LogP contribution in [0.1, 0.15) is 58.8 Å². The van der Waals surface area contributed by atoms with Gasteiger partial charge in [0.25, 0.3) is 0 Å². The van der Waals surface area contributed by atoms with Gasteiger partial charge in [0, 0.05) is 12.3 Å². The van der Waals surface area contributed by atoms with Crippen LogP contribution in [-0.4, -0.2) is 12.6 Å². The lowest BCUT2D eigenvalue weighted by atomic mass is 9.46. The van der Waals surface area contributed by atoms with Gasteiger partial charge in [-0.15, -0.1) is 0 Å². The SMILES string of the molecule is CC(=O)OC[C@@]12C=CC[C@H]1[C@@H]1CC[C@H]3CC=CC[C@]3(C)[C@H]1CC2. The maximum Gasteiger partial charge on any atom is 0.302 e. The minimum absolute atomic E-state index is 0.131. The third-order valence-corrected chi connectivity index (χ3v) is 7.85. The summed E-state index contributed by atoms with van der Waals surface area (Å²) in [6.07, 6.45) is 18.7. The van der Waals surface area contributed by atoms with Crippen molar-refractivity contribution >= 4 is 5.97 Å². The summed E-state index contributed by atoms with van der Waals surface area (Å²) in [5.41, 5.74) is 0.647. The molecule has 126 valence electrons. The molecule has 0 radical (unpaired) electrons. The fourth-order valence-corrected chi connectivity index (χ4v) is 6.61. The average molecular weight is 314 g/mol. The Balaban J connectivity index is 1.59. The Morgan fingerprint density at radius 1 is 1.13 bits per heavy atom. The fourth-order valence-electron chi connectivity index (χ4n) is 6.61. The topological polar surface area (TPSA) is 26.3 Å². The molecule has 0 aliphatic heterocycles. The molecule has 2 fully saturated rings. The highest BCUT2D eigenvalue weighted by Gasteiger charge is 2.57. The van der Waals surface area contributed by atoms with Crippen LogP contribution in [0.15, 0.2) is 24.3 Å². The molecule has 0 spiro atoms. The molecule has 0 unspecified atom stereocenters. The molecular formula is C21H30O2. The molecule has 2 heteroatoms. The third kappa shape index (κ3) is 2.32. The smallest absolute Gasteiger partial charge is 0.302 e. The van der Waals surface area contributed by atoms with Gasteiger partial charge >= 0.3 is 5.97 Å². The number of carbonyl (C=O) groups is 1. The summed E-state index contributed by atoms with van der Waals surface area (Å²) in [6, 6.07) is 0. The van der Waals surface area contributed by atoms with Crippen molar-refractivity contribution < 1.29 is 9.53 Å². The monoisotopic (exact) mass is 314 g/mol. The Kier molecular flexibility index (Phi) is 3.70. The molecule has 4 aliphatic rings. The second-order valence-corrected chi connectivity index (χ2v) is 8.76. The Hall–Kier alpha value is -1.05. The van der Waals surface area contributed by atoms with Crippen molar-refractivity contribution in [1.82, 2.24) is 0 Å². The standard InChI is InChI=1S/C21H30O2/c1-15(22)23-14-21-12-5-7-19(21)17-9-8-16-6-3-4-11-20(16,2)18(17)10-13-21/h3-5,12,16-19H,6-11,13-14H2,1-2H3/t16-,17-,18+,19+,20+,21+/m1/s1. The number of hydrogen-bond acceptors (Lipinski definition) is 2. The van der Waals surface area contributed by atoms with E-state index >= 15 is 0 Å². The van der Waals surface area contributed by atoms with E-state index in [0.717, 1.165) is 17.8 Å². The number of ether oxygens (including phenoxy) is 1. The number of allylic oxidation sites excluding steroid dienone is 3. The number of rotatable bonds is 2. The van der Waals surface area contributed by atoms with Crippen molar-refractivity contribution in [2.75, 3.05) is 6.61 Å². The highest BCUT2D eigenvalue weighted by atomic mass is 16.5. The molecular weight excluding hydrogens is 284 g/mol. The van der Waals surface area contributed by atoms with E-state index in [1.807, 2.05) is 0 Å². The predicted octanol–water partition coefficient (Wildman–Crippen LogP) is 4.90. The average Bonchev–Trinajstić information content (AvgIpc) is 2.97. The molecule has 0 aromatic carbocycles. The Morgan fingerprint density at radius 3 is 2.83 bits per heavy atom. The molecule has 0 aromatic rings. The van der Waals surface area contributed by atoms with E-state index in [1.165, 1.54) is 51.9 Å². The van der Waals surface area contributed by atoms with Crippen molar-refractivity contribution in [1.29, 1.82) is 0 Å². The summed E-state index contributed by atoms with van der Waals surface area (Å²) in [7, 11) is 0. The first kappa shape index (κ1) is 15.5. The van der Waals surface area contributed by atoms with Gasteiger partial charge in [-0.1, -0.05) is 31.2 Å². The number of hydrogen-bond donors (Lipinski definition) is 0. The van der Waals surface area contributed by atoms with Crippen LogP contribution in [0.25, 0.3) is 0 Å². The van der Waals surface area contributed by atoms with Crippen LogP contribution in [0.3, 0.4) is 0 Å². The van der Waals surface area contributed by atoms with E-state index in [9.17, 15) is 4.79 Å². The highest BCUT2D eigenvalue weighted by molar-refractivity contribution is 5.66. The molecule has 0 amide bonds. The van der Waals surface area contributed by atoms with Crippen molar-refractivity contribution in [3.63, 3.8) is 0 Å². The molecule has 0 bridgehead atoms. The van der Waals surface area contributed by atoms with Crippen LogP contribution in [-0.2, 0) is 9.53 Å².